The molecule has 12 nitrogen and oxygen atoms in total. The summed E-state index contributed by atoms with van der Waals surface area (Å²) < 4.78 is 5.60. The Morgan fingerprint density at radius 3 is 2.45 bits per heavy atom. The van der Waals surface area contributed by atoms with E-state index in [-0.39, 0.29) is 36.7 Å². The van der Waals surface area contributed by atoms with Gasteiger partial charge in [-0.3, -0.25) is 24.5 Å². The van der Waals surface area contributed by atoms with Crippen molar-refractivity contribution in [3.63, 3.8) is 0 Å². The highest BCUT2D eigenvalue weighted by Gasteiger charge is 2.43. The van der Waals surface area contributed by atoms with Gasteiger partial charge in [-0.05, 0) is 91.2 Å². The van der Waals surface area contributed by atoms with E-state index in [1.54, 1.807) is 49.2 Å². The summed E-state index contributed by atoms with van der Waals surface area (Å²) in [7, 11) is 2.99. The number of methoxy groups -OCH3 is 1. The largest absolute Gasteiger partial charge is 0.465 e. The maximum absolute atomic E-state index is 14.6. The number of likely N-dealkylation sites (N-methyl/N-ethyl adjacent to an activating group) is 1. The van der Waals surface area contributed by atoms with E-state index >= 15 is 0 Å². The summed E-state index contributed by atoms with van der Waals surface area (Å²) in [4.78, 5) is 73.6. The summed E-state index contributed by atoms with van der Waals surface area (Å²) in [5.74, 6) is -1.83. The van der Waals surface area contributed by atoms with Crippen molar-refractivity contribution in [2.45, 2.75) is 84.1 Å². The Labute approximate surface area is 313 Å². The average molecular weight is 739 g/mol. The van der Waals surface area contributed by atoms with Crippen LogP contribution in [0.25, 0.3) is 10.2 Å². The van der Waals surface area contributed by atoms with Crippen LogP contribution in [0, 0.1) is 5.41 Å². The third kappa shape index (κ3) is 8.11. The lowest BCUT2D eigenvalue weighted by molar-refractivity contribution is -0.147. The number of aryl methyl sites for hydroxylation is 1. The van der Waals surface area contributed by atoms with E-state index < -0.39 is 35.4 Å². The zero-order chi connectivity index (χ0) is 38.0. The van der Waals surface area contributed by atoms with Crippen LogP contribution in [-0.2, 0) is 38.5 Å². The number of hydrogen-bond donors (Lipinski definition) is 4. The summed E-state index contributed by atoms with van der Waals surface area (Å²) in [5.41, 5.74) is 4.47. The number of carbonyl (C=O) groups is 5. The number of thiazole rings is 1. The molecule has 0 unspecified atom stereocenters. The lowest BCUT2D eigenvalue weighted by atomic mass is 9.83. The zero-order valence-corrected chi connectivity index (χ0v) is 31.7. The quantitative estimate of drug-likeness (QED) is 0.176. The van der Waals surface area contributed by atoms with Crippen LogP contribution < -0.4 is 21.3 Å². The Morgan fingerprint density at radius 1 is 0.962 bits per heavy atom. The van der Waals surface area contributed by atoms with E-state index in [1.165, 1.54) is 24.0 Å². The van der Waals surface area contributed by atoms with Crippen molar-refractivity contribution in [2.24, 2.45) is 5.41 Å². The van der Waals surface area contributed by atoms with E-state index in [9.17, 15) is 24.0 Å². The van der Waals surface area contributed by atoms with Crippen LogP contribution >= 0.6 is 11.3 Å². The van der Waals surface area contributed by atoms with Gasteiger partial charge >= 0.3 is 5.97 Å². The molecule has 0 radical (unpaired) electrons. The number of hydrogen-bond acceptors (Lipinski definition) is 9. The van der Waals surface area contributed by atoms with Gasteiger partial charge in [0.05, 0.1) is 35.0 Å². The number of amides is 4. The monoisotopic (exact) mass is 738 g/mol. The molecule has 3 aromatic carbocycles. The predicted octanol–water partition coefficient (Wildman–Crippen LogP) is 4.92. The summed E-state index contributed by atoms with van der Waals surface area (Å²) in [6, 6.07) is 15.9. The first-order valence-corrected chi connectivity index (χ1v) is 18.7. The minimum Gasteiger partial charge on any atom is -0.465 e. The highest BCUT2D eigenvalue weighted by Crippen LogP contribution is 2.33. The van der Waals surface area contributed by atoms with Crippen LogP contribution in [0.3, 0.4) is 0 Å². The topological polar surface area (TPSA) is 159 Å². The number of esters is 1. The first-order chi connectivity index (χ1) is 25.3. The number of benzene rings is 3. The Hall–Kier alpha value is -5.14. The Bertz CT molecular complexity index is 2070. The van der Waals surface area contributed by atoms with E-state index in [0.717, 1.165) is 40.7 Å². The number of ether oxygens (including phenoxy) is 1. The molecule has 0 bridgehead atoms. The summed E-state index contributed by atoms with van der Waals surface area (Å²) >= 11 is 1.28. The van der Waals surface area contributed by atoms with Crippen LogP contribution in [0.5, 0.6) is 0 Å². The molecule has 0 spiro atoms. The minimum atomic E-state index is -0.928. The smallest absolute Gasteiger partial charge is 0.337 e. The molecule has 278 valence electrons. The second kappa shape index (κ2) is 15.5. The molecule has 1 aliphatic carbocycles. The fourth-order valence-electron chi connectivity index (χ4n) is 6.97. The predicted molar refractivity (Wildman–Crippen MR) is 204 cm³/mol. The molecule has 1 aromatic heterocycles. The zero-order valence-electron chi connectivity index (χ0n) is 30.9. The molecule has 4 aromatic rings. The number of nitrogens with one attached hydrogen (secondary N) is 4. The Balaban J connectivity index is 1.29. The van der Waals surface area contributed by atoms with Crippen molar-refractivity contribution in [2.75, 3.05) is 19.5 Å². The molecule has 4 N–H and O–H groups in total. The number of fused-ring (bicyclic) bond motifs is 3. The molecule has 0 fully saturated rings. The van der Waals surface area contributed by atoms with Crippen LogP contribution in [-0.4, -0.2) is 71.8 Å². The third-order valence-electron chi connectivity index (χ3n) is 10.1. The molecule has 2 heterocycles. The number of nitrogens with zero attached hydrogens (tertiary/aromatic N) is 2. The first-order valence-electron chi connectivity index (χ1n) is 17.9. The third-order valence-corrected chi connectivity index (χ3v) is 11.1. The van der Waals surface area contributed by atoms with Gasteiger partial charge in [-0.25, -0.2) is 9.78 Å². The van der Waals surface area contributed by atoms with Gasteiger partial charge in [0.25, 0.3) is 5.91 Å². The standard InChI is InChI=1S/C40H46N6O6S/c1-22(41-5)34(47)44-33(40(2,3)4)37(50)46-21-27-18-25(35(48)45-39-43-30-19-26(38(51)52-6)16-17-32(30)53-39)15-14-24(27)20-31(46)36(49)42-29-13-9-11-23-10-7-8-12-28(23)29/h7-8,10,12,14-19,22,29,31,33,41H,9,11,13,20-21H2,1-6H3,(H,42,49)(H,44,47)(H,43,45,48)/t22-,29+,31-,33+/m0/s1. The number of anilines is 1. The van der Waals surface area contributed by atoms with Gasteiger partial charge < -0.3 is 25.6 Å². The molecule has 1 aliphatic heterocycles. The lowest BCUT2D eigenvalue weighted by Crippen LogP contribution is -2.62. The number of rotatable bonds is 9. The van der Waals surface area contributed by atoms with E-state index in [0.29, 0.717) is 21.8 Å². The molecule has 0 saturated carbocycles. The second-order valence-corrected chi connectivity index (χ2v) is 15.8. The molecule has 4 amide bonds. The summed E-state index contributed by atoms with van der Waals surface area (Å²) in [6.45, 7) is 7.43. The molecule has 53 heavy (non-hydrogen) atoms. The van der Waals surface area contributed by atoms with Gasteiger partial charge in [0.2, 0.25) is 17.7 Å². The SMILES string of the molecule is CN[C@@H](C)C(=O)N[C@H](C(=O)N1Cc2cc(C(=O)Nc3nc4cc(C(=O)OC)ccc4s3)ccc2C[C@H]1C(=O)N[C@@H]1CCCc2ccccc21)C(C)(C)C. The lowest BCUT2D eigenvalue weighted by Gasteiger charge is -2.42. The van der Waals surface area contributed by atoms with Crippen LogP contribution in [0.4, 0.5) is 5.13 Å². The van der Waals surface area contributed by atoms with Crippen LogP contribution in [0.2, 0.25) is 0 Å². The van der Waals surface area contributed by atoms with Gasteiger partial charge in [0.1, 0.15) is 12.1 Å². The van der Waals surface area contributed by atoms with E-state index in [4.69, 9.17) is 4.74 Å². The maximum Gasteiger partial charge on any atom is 0.337 e. The molecule has 6 rings (SSSR count). The Morgan fingerprint density at radius 2 is 1.72 bits per heavy atom. The number of aromatic nitrogens is 1. The van der Waals surface area contributed by atoms with Gasteiger partial charge in [-0.15, -0.1) is 0 Å². The average Bonchev–Trinajstić information content (AvgIpc) is 3.56. The fraction of sp³-hybridized carbons (Fsp3) is 0.400. The van der Waals surface area contributed by atoms with Crippen molar-refractivity contribution in [3.8, 4) is 0 Å². The van der Waals surface area contributed by atoms with E-state index in [1.807, 2.05) is 45.0 Å². The first kappa shape index (κ1) is 37.6. The molecule has 2 aliphatic rings. The fourth-order valence-corrected chi connectivity index (χ4v) is 7.81. The van der Waals surface area contributed by atoms with Crippen LogP contribution in [0.15, 0.2) is 60.7 Å². The highest BCUT2D eigenvalue weighted by molar-refractivity contribution is 7.22. The molecule has 4 atom stereocenters. The second-order valence-electron chi connectivity index (χ2n) is 14.8. The Kier molecular flexibility index (Phi) is 11.0. The van der Waals surface area contributed by atoms with E-state index in [2.05, 4.69) is 32.3 Å². The van der Waals surface area contributed by atoms with Crippen molar-refractivity contribution in [1.82, 2.24) is 25.8 Å². The number of carbonyl (C=O) groups excluding carboxylic acids is 5. The molecule has 13 heteroatoms. The van der Waals surface area contributed by atoms with Crippen LogP contribution in [0.1, 0.15) is 89.5 Å². The summed E-state index contributed by atoms with van der Waals surface area (Å²) in [6.07, 6.45) is 2.92. The van der Waals surface area contributed by atoms with Gasteiger partial charge in [-0.2, -0.15) is 0 Å². The minimum absolute atomic E-state index is 0.0656. The summed E-state index contributed by atoms with van der Waals surface area (Å²) in [5, 5.41) is 12.4. The molecule has 0 saturated heterocycles. The molecular weight excluding hydrogens is 693 g/mol. The van der Waals surface area contributed by atoms with Gasteiger partial charge in [0, 0.05) is 18.5 Å². The van der Waals surface area contributed by atoms with Gasteiger partial charge in [0.15, 0.2) is 5.13 Å². The maximum atomic E-state index is 14.6. The van der Waals surface area contributed by atoms with Crippen molar-refractivity contribution in [3.05, 3.63) is 94.0 Å². The molecular formula is C40H46N6O6S. The highest BCUT2D eigenvalue weighted by atomic mass is 32.1. The van der Waals surface area contributed by atoms with Gasteiger partial charge in [-0.1, -0.05) is 62.4 Å². The van der Waals surface area contributed by atoms with Crippen molar-refractivity contribution >= 4 is 56.3 Å². The van der Waals surface area contributed by atoms with Crippen molar-refractivity contribution < 1.29 is 28.7 Å². The van der Waals surface area contributed by atoms with Crippen molar-refractivity contribution in [1.29, 1.82) is 0 Å². The normalized spacial score (nSPS) is 17.9.